The number of rotatable bonds is 5. The van der Waals surface area contributed by atoms with Crippen molar-refractivity contribution in [3.63, 3.8) is 0 Å². The fraction of sp³-hybridized carbons (Fsp3) is 0.324. The second-order valence-corrected chi connectivity index (χ2v) is 11.9. The summed E-state index contributed by atoms with van der Waals surface area (Å²) in [7, 11) is 0. The average molecular weight is 576 g/mol. The van der Waals surface area contributed by atoms with Crippen molar-refractivity contribution in [2.45, 2.75) is 57.7 Å². The van der Waals surface area contributed by atoms with Crippen LogP contribution in [0.25, 0.3) is 16.6 Å². The molecule has 7 rings (SSSR count). The Morgan fingerprint density at radius 2 is 1.70 bits per heavy atom. The van der Waals surface area contributed by atoms with Gasteiger partial charge in [0.25, 0.3) is 11.5 Å². The second kappa shape index (κ2) is 10.9. The van der Waals surface area contributed by atoms with Gasteiger partial charge >= 0.3 is 0 Å². The third-order valence-corrected chi connectivity index (χ3v) is 9.13. The van der Waals surface area contributed by atoms with E-state index >= 15 is 0 Å². The Balaban J connectivity index is 1.02. The van der Waals surface area contributed by atoms with Crippen LogP contribution in [0.2, 0.25) is 0 Å². The molecule has 3 aliphatic rings. The number of amides is 3. The van der Waals surface area contributed by atoms with Crippen LogP contribution >= 0.6 is 0 Å². The molecule has 0 bridgehead atoms. The SMILES string of the molecule is Cc1nc2ccc(CN3CCC(c4ccc5c(c4)CN(C4CCC(=O)NC4=O)C5=O)CC3)cc2c(=O)n1-c1ccccc1. The van der Waals surface area contributed by atoms with Crippen LogP contribution in [-0.4, -0.2) is 56.2 Å². The molecule has 9 heteroatoms. The van der Waals surface area contributed by atoms with Crippen molar-refractivity contribution in [2.24, 2.45) is 0 Å². The standard InChI is InChI=1S/C34H33N5O4/c1-21-35-29-10-7-22(17-28(29)34(43)39(21)26-5-3-2-4-6-26)19-37-15-13-23(14-16-37)24-8-9-27-25(18-24)20-38(33(27)42)30-11-12-31(40)36-32(30)41/h2-10,17-18,23,30H,11-16,19-20H2,1H3,(H,36,40,41). The van der Waals surface area contributed by atoms with Crippen LogP contribution in [0, 0.1) is 6.92 Å². The number of hydrogen-bond acceptors (Lipinski definition) is 6. The zero-order valence-electron chi connectivity index (χ0n) is 24.1. The van der Waals surface area contributed by atoms with Gasteiger partial charge in [0.1, 0.15) is 11.9 Å². The van der Waals surface area contributed by atoms with E-state index in [2.05, 4.69) is 28.4 Å². The van der Waals surface area contributed by atoms with E-state index in [0.717, 1.165) is 49.3 Å². The average Bonchev–Trinajstić information content (AvgIpc) is 3.33. The molecule has 218 valence electrons. The van der Waals surface area contributed by atoms with Gasteiger partial charge in [-0.15, -0.1) is 0 Å². The number of hydrogen-bond donors (Lipinski definition) is 1. The normalized spacial score (nSPS) is 19.6. The molecule has 0 saturated carbocycles. The molecule has 4 heterocycles. The number of fused-ring (bicyclic) bond motifs is 2. The highest BCUT2D eigenvalue weighted by atomic mass is 16.2. The molecule has 0 aliphatic carbocycles. The van der Waals surface area contributed by atoms with Crippen molar-refractivity contribution in [3.8, 4) is 5.69 Å². The minimum absolute atomic E-state index is 0.0551. The molecule has 4 aromatic rings. The van der Waals surface area contributed by atoms with Gasteiger partial charge in [-0.2, -0.15) is 0 Å². The van der Waals surface area contributed by atoms with Crippen LogP contribution in [0.4, 0.5) is 0 Å². The van der Waals surface area contributed by atoms with E-state index in [0.29, 0.717) is 41.2 Å². The maximum atomic E-state index is 13.5. The number of aryl methyl sites for hydroxylation is 1. The molecule has 1 unspecified atom stereocenters. The number of benzene rings is 3. The van der Waals surface area contributed by atoms with E-state index in [4.69, 9.17) is 4.98 Å². The molecule has 9 nitrogen and oxygen atoms in total. The Hall–Kier alpha value is -4.63. The lowest BCUT2D eigenvalue weighted by Gasteiger charge is -2.32. The van der Waals surface area contributed by atoms with Crippen molar-refractivity contribution >= 4 is 28.6 Å². The topological polar surface area (TPSA) is 105 Å². The lowest BCUT2D eigenvalue weighted by Crippen LogP contribution is -2.52. The van der Waals surface area contributed by atoms with Gasteiger partial charge in [-0.1, -0.05) is 36.4 Å². The highest BCUT2D eigenvalue weighted by molar-refractivity contribution is 6.05. The van der Waals surface area contributed by atoms with Gasteiger partial charge in [-0.25, -0.2) is 4.98 Å². The fourth-order valence-corrected chi connectivity index (χ4v) is 6.85. The summed E-state index contributed by atoms with van der Waals surface area (Å²) in [4.78, 5) is 59.2. The third kappa shape index (κ3) is 5.03. The number of carbonyl (C=O) groups is 3. The van der Waals surface area contributed by atoms with E-state index < -0.39 is 6.04 Å². The molecule has 1 aromatic heterocycles. The van der Waals surface area contributed by atoms with Crippen LogP contribution in [0.1, 0.15) is 64.5 Å². The molecule has 1 atom stereocenters. The summed E-state index contributed by atoms with van der Waals surface area (Å²) >= 11 is 0. The number of para-hydroxylation sites is 1. The second-order valence-electron chi connectivity index (χ2n) is 11.9. The number of imide groups is 1. The van der Waals surface area contributed by atoms with Gasteiger partial charge in [0, 0.05) is 25.1 Å². The highest BCUT2D eigenvalue weighted by Gasteiger charge is 2.39. The first kappa shape index (κ1) is 27.2. The van der Waals surface area contributed by atoms with E-state index in [1.807, 2.05) is 55.5 Å². The lowest BCUT2D eigenvalue weighted by molar-refractivity contribution is -0.136. The molecular weight excluding hydrogens is 542 g/mol. The number of nitrogens with one attached hydrogen (secondary N) is 1. The highest BCUT2D eigenvalue weighted by Crippen LogP contribution is 2.34. The molecular formula is C34H33N5O4. The largest absolute Gasteiger partial charge is 0.322 e. The van der Waals surface area contributed by atoms with Gasteiger partial charge in [-0.3, -0.25) is 34.0 Å². The number of nitrogens with zero attached hydrogens (tertiary/aromatic N) is 4. The van der Waals surface area contributed by atoms with Gasteiger partial charge in [0.15, 0.2) is 0 Å². The summed E-state index contributed by atoms with van der Waals surface area (Å²) in [5, 5.41) is 2.99. The van der Waals surface area contributed by atoms with Crippen molar-refractivity contribution in [2.75, 3.05) is 13.1 Å². The molecule has 1 N–H and O–H groups in total. The van der Waals surface area contributed by atoms with Gasteiger partial charge in [0.2, 0.25) is 11.8 Å². The first-order valence-corrected chi connectivity index (χ1v) is 14.9. The van der Waals surface area contributed by atoms with E-state index in [9.17, 15) is 19.2 Å². The number of piperidine rings is 2. The van der Waals surface area contributed by atoms with Gasteiger partial charge in [0.05, 0.1) is 16.6 Å². The van der Waals surface area contributed by atoms with E-state index in [1.165, 1.54) is 5.56 Å². The molecule has 2 fully saturated rings. The minimum atomic E-state index is -0.597. The Kier molecular flexibility index (Phi) is 6.89. The Labute approximate surface area is 249 Å². The number of aromatic nitrogens is 2. The summed E-state index contributed by atoms with van der Waals surface area (Å²) in [6, 6.07) is 21.1. The van der Waals surface area contributed by atoms with Gasteiger partial charge in [-0.05, 0) is 92.2 Å². The smallest absolute Gasteiger partial charge is 0.265 e. The van der Waals surface area contributed by atoms with Crippen LogP contribution in [-0.2, 0) is 22.7 Å². The first-order valence-electron chi connectivity index (χ1n) is 14.9. The van der Waals surface area contributed by atoms with Crippen LogP contribution in [0.3, 0.4) is 0 Å². The predicted molar refractivity (Wildman–Crippen MR) is 162 cm³/mol. The van der Waals surface area contributed by atoms with Crippen LogP contribution < -0.4 is 10.9 Å². The molecule has 3 aromatic carbocycles. The summed E-state index contributed by atoms with van der Waals surface area (Å²) in [6.45, 7) is 4.89. The fourth-order valence-electron chi connectivity index (χ4n) is 6.85. The Morgan fingerprint density at radius 1 is 0.907 bits per heavy atom. The maximum absolute atomic E-state index is 13.5. The van der Waals surface area contributed by atoms with Crippen molar-refractivity contribution < 1.29 is 14.4 Å². The zero-order chi connectivity index (χ0) is 29.7. The zero-order valence-corrected chi connectivity index (χ0v) is 24.1. The molecule has 3 aliphatic heterocycles. The lowest BCUT2D eigenvalue weighted by atomic mass is 9.87. The maximum Gasteiger partial charge on any atom is 0.265 e. The quantitative estimate of drug-likeness (QED) is 0.363. The Morgan fingerprint density at radius 3 is 2.47 bits per heavy atom. The number of likely N-dealkylation sites (tertiary alicyclic amines) is 1. The molecule has 0 radical (unpaired) electrons. The van der Waals surface area contributed by atoms with Crippen LogP contribution in [0.5, 0.6) is 0 Å². The van der Waals surface area contributed by atoms with E-state index in [1.54, 1.807) is 9.47 Å². The molecule has 43 heavy (non-hydrogen) atoms. The molecule has 0 spiro atoms. The summed E-state index contributed by atoms with van der Waals surface area (Å²) in [5.41, 5.74) is 5.40. The summed E-state index contributed by atoms with van der Waals surface area (Å²) in [6.07, 6.45) is 2.62. The molecule has 3 amide bonds. The summed E-state index contributed by atoms with van der Waals surface area (Å²) < 4.78 is 1.67. The third-order valence-electron chi connectivity index (χ3n) is 9.13. The Bertz CT molecular complexity index is 1820. The van der Waals surface area contributed by atoms with E-state index in [-0.39, 0.29) is 29.7 Å². The molecule has 2 saturated heterocycles. The minimum Gasteiger partial charge on any atom is -0.322 e. The van der Waals surface area contributed by atoms with Gasteiger partial charge < -0.3 is 4.90 Å². The predicted octanol–water partition coefficient (Wildman–Crippen LogP) is 3.83. The van der Waals surface area contributed by atoms with Crippen molar-refractivity contribution in [1.29, 1.82) is 0 Å². The first-order chi connectivity index (χ1) is 20.9. The summed E-state index contributed by atoms with van der Waals surface area (Å²) in [5.74, 6) is 0.256. The van der Waals surface area contributed by atoms with Crippen molar-refractivity contribution in [1.82, 2.24) is 24.7 Å². The van der Waals surface area contributed by atoms with Crippen LogP contribution in [0.15, 0.2) is 71.5 Å². The van der Waals surface area contributed by atoms with Crippen molar-refractivity contribution in [3.05, 3.63) is 105 Å². The number of carbonyl (C=O) groups excluding carboxylic acids is 3. The monoisotopic (exact) mass is 575 g/mol.